The zero-order valence-electron chi connectivity index (χ0n) is 15.9. The van der Waals surface area contributed by atoms with Crippen LogP contribution in [0.15, 0.2) is 59.6 Å². The molecule has 0 amide bonds. The molecule has 144 valence electrons. The Balaban J connectivity index is 1.73. The van der Waals surface area contributed by atoms with Crippen LogP contribution in [0.3, 0.4) is 0 Å². The van der Waals surface area contributed by atoms with Crippen molar-refractivity contribution in [3.63, 3.8) is 0 Å². The van der Waals surface area contributed by atoms with Crippen LogP contribution in [0.25, 0.3) is 22.4 Å². The number of H-pyrrole nitrogens is 1. The number of nitrogens with zero attached hydrogens (tertiary/aromatic N) is 3. The highest BCUT2D eigenvalue weighted by Crippen LogP contribution is 2.31. The van der Waals surface area contributed by atoms with Gasteiger partial charge in [0.25, 0.3) is 0 Å². The molecule has 0 bridgehead atoms. The van der Waals surface area contributed by atoms with Gasteiger partial charge in [-0.05, 0) is 49.2 Å². The molecule has 0 saturated heterocycles. The summed E-state index contributed by atoms with van der Waals surface area (Å²) in [6.45, 7) is 3.66. The molecule has 0 atom stereocenters. The minimum absolute atomic E-state index is 0.297. The Labute approximate surface area is 166 Å². The summed E-state index contributed by atoms with van der Waals surface area (Å²) in [5, 5.41) is 21.3. The lowest BCUT2D eigenvalue weighted by atomic mass is 10.1. The number of phenolic OH excluding ortho intramolecular Hbond substituents is 1. The molecule has 1 heterocycles. The first-order chi connectivity index (χ1) is 13.9. The highest BCUT2D eigenvalue weighted by Gasteiger charge is 2.17. The minimum Gasteiger partial charge on any atom is -0.502 e. The number of nitro groups is 1. The van der Waals surface area contributed by atoms with Crippen LogP contribution in [-0.2, 0) is 0 Å². The predicted molar refractivity (Wildman–Crippen MR) is 113 cm³/mol. The second-order valence-electron chi connectivity index (χ2n) is 6.84. The van der Waals surface area contributed by atoms with E-state index in [2.05, 4.69) is 15.0 Å². The summed E-state index contributed by atoms with van der Waals surface area (Å²) in [5.74, 6) is 0.340. The van der Waals surface area contributed by atoms with Crippen LogP contribution in [0.5, 0.6) is 5.75 Å². The Kier molecular flexibility index (Phi) is 4.56. The van der Waals surface area contributed by atoms with Crippen LogP contribution < -0.4 is 0 Å². The maximum absolute atomic E-state index is 11.1. The summed E-state index contributed by atoms with van der Waals surface area (Å²) in [7, 11) is 0. The Hall–Kier alpha value is -4.00. The minimum atomic E-state index is -0.604. The number of aryl methyl sites for hydroxylation is 2. The molecule has 7 nitrogen and oxygen atoms in total. The number of aromatic amines is 1. The molecule has 0 unspecified atom stereocenters. The summed E-state index contributed by atoms with van der Waals surface area (Å²) in [4.78, 5) is 22.9. The molecule has 0 radical (unpaired) electrons. The topological polar surface area (TPSA) is 104 Å². The first-order valence-corrected chi connectivity index (χ1v) is 9.00. The van der Waals surface area contributed by atoms with E-state index in [0.717, 1.165) is 28.0 Å². The van der Waals surface area contributed by atoms with Gasteiger partial charge in [-0.3, -0.25) is 15.1 Å². The molecule has 4 aromatic rings. The van der Waals surface area contributed by atoms with Crippen LogP contribution in [0.4, 0.5) is 11.4 Å². The zero-order valence-corrected chi connectivity index (χ0v) is 15.9. The smallest absolute Gasteiger partial charge is 0.311 e. The first kappa shape index (κ1) is 18.4. The van der Waals surface area contributed by atoms with Gasteiger partial charge in [-0.1, -0.05) is 24.3 Å². The second kappa shape index (κ2) is 7.20. The van der Waals surface area contributed by atoms with Gasteiger partial charge >= 0.3 is 5.69 Å². The van der Waals surface area contributed by atoms with E-state index >= 15 is 0 Å². The van der Waals surface area contributed by atoms with Crippen molar-refractivity contribution >= 4 is 28.6 Å². The molecule has 29 heavy (non-hydrogen) atoms. The average molecular weight is 386 g/mol. The Morgan fingerprint density at radius 1 is 1.14 bits per heavy atom. The van der Waals surface area contributed by atoms with Crippen LogP contribution in [0.1, 0.15) is 16.7 Å². The molecule has 0 aliphatic rings. The number of phenols is 1. The Morgan fingerprint density at radius 2 is 1.93 bits per heavy atom. The molecule has 0 aliphatic carbocycles. The highest BCUT2D eigenvalue weighted by molar-refractivity contribution is 5.88. The van der Waals surface area contributed by atoms with Crippen molar-refractivity contribution in [1.29, 1.82) is 0 Å². The van der Waals surface area contributed by atoms with E-state index in [1.165, 1.54) is 12.3 Å². The number of fused-ring (bicyclic) bond motifs is 1. The van der Waals surface area contributed by atoms with E-state index in [1.807, 2.05) is 49.4 Å². The number of para-hydroxylation sites is 2. The summed E-state index contributed by atoms with van der Waals surface area (Å²) in [6, 6.07) is 16.6. The second-order valence-corrected chi connectivity index (χ2v) is 6.84. The van der Waals surface area contributed by atoms with Crippen LogP contribution in [0.2, 0.25) is 0 Å². The number of hydrogen-bond donors (Lipinski definition) is 2. The van der Waals surface area contributed by atoms with E-state index in [0.29, 0.717) is 16.8 Å². The largest absolute Gasteiger partial charge is 0.502 e. The highest BCUT2D eigenvalue weighted by atomic mass is 16.6. The van der Waals surface area contributed by atoms with Crippen molar-refractivity contribution in [3.05, 3.63) is 81.4 Å². The van der Waals surface area contributed by atoms with Gasteiger partial charge in [-0.25, -0.2) is 4.98 Å². The third kappa shape index (κ3) is 3.58. The van der Waals surface area contributed by atoms with Crippen LogP contribution in [0, 0.1) is 24.0 Å². The van der Waals surface area contributed by atoms with E-state index in [9.17, 15) is 15.2 Å². The molecular formula is C22H18N4O3. The Morgan fingerprint density at radius 3 is 2.69 bits per heavy atom. The van der Waals surface area contributed by atoms with E-state index < -0.39 is 10.7 Å². The molecule has 0 fully saturated rings. The van der Waals surface area contributed by atoms with Crippen molar-refractivity contribution in [3.8, 4) is 17.1 Å². The summed E-state index contributed by atoms with van der Waals surface area (Å²) < 4.78 is 0. The van der Waals surface area contributed by atoms with Crippen molar-refractivity contribution in [2.24, 2.45) is 4.99 Å². The molecule has 2 N–H and O–H groups in total. The number of nitrogens with one attached hydrogen (secondary N) is 1. The Bertz CT molecular complexity index is 1240. The molecule has 3 aromatic carbocycles. The van der Waals surface area contributed by atoms with Gasteiger partial charge in [-0.15, -0.1) is 0 Å². The van der Waals surface area contributed by atoms with Gasteiger partial charge in [0.1, 0.15) is 5.82 Å². The SMILES string of the molecule is Cc1cc(C=Nc2cc(-c3nc4ccccc4[nH]3)ccc2C)c(O)c([N+](=O)[O-])c1. The van der Waals surface area contributed by atoms with E-state index in [1.54, 1.807) is 13.0 Å². The summed E-state index contributed by atoms with van der Waals surface area (Å²) >= 11 is 0. The number of benzene rings is 3. The predicted octanol–water partition coefficient (Wildman–Crippen LogP) is 5.21. The molecule has 7 heteroatoms. The van der Waals surface area contributed by atoms with Gasteiger partial charge in [0.05, 0.1) is 21.6 Å². The number of aromatic nitrogens is 2. The monoisotopic (exact) mass is 386 g/mol. The molecule has 4 rings (SSSR count). The van der Waals surface area contributed by atoms with Gasteiger partial charge in [0, 0.05) is 23.4 Å². The summed E-state index contributed by atoms with van der Waals surface area (Å²) in [6.07, 6.45) is 1.44. The molecular weight excluding hydrogens is 368 g/mol. The van der Waals surface area contributed by atoms with E-state index in [-0.39, 0.29) is 5.69 Å². The van der Waals surface area contributed by atoms with Crippen molar-refractivity contribution in [2.45, 2.75) is 13.8 Å². The number of aromatic hydroxyl groups is 1. The lowest BCUT2D eigenvalue weighted by molar-refractivity contribution is -0.385. The molecule has 0 saturated carbocycles. The van der Waals surface area contributed by atoms with Crippen molar-refractivity contribution < 1.29 is 10.0 Å². The normalized spacial score (nSPS) is 11.4. The third-order valence-corrected chi connectivity index (χ3v) is 4.67. The first-order valence-electron chi connectivity index (χ1n) is 9.00. The maximum atomic E-state index is 11.1. The quantitative estimate of drug-likeness (QED) is 0.285. The zero-order chi connectivity index (χ0) is 20.5. The number of aliphatic imine (C=N–C) groups is 1. The van der Waals surface area contributed by atoms with Crippen LogP contribution in [-0.4, -0.2) is 26.2 Å². The fraction of sp³-hybridized carbons (Fsp3) is 0.0909. The molecule has 0 spiro atoms. The fourth-order valence-electron chi connectivity index (χ4n) is 3.15. The molecule has 0 aliphatic heterocycles. The third-order valence-electron chi connectivity index (χ3n) is 4.67. The van der Waals surface area contributed by atoms with Gasteiger partial charge in [-0.2, -0.15) is 0 Å². The van der Waals surface area contributed by atoms with Gasteiger partial charge in [0.2, 0.25) is 5.75 Å². The number of nitro benzene ring substituents is 1. The van der Waals surface area contributed by atoms with Crippen LogP contribution >= 0.6 is 0 Å². The maximum Gasteiger partial charge on any atom is 0.311 e. The van der Waals surface area contributed by atoms with E-state index in [4.69, 9.17) is 0 Å². The average Bonchev–Trinajstić information content (AvgIpc) is 3.13. The lowest BCUT2D eigenvalue weighted by Gasteiger charge is -2.05. The number of hydrogen-bond acceptors (Lipinski definition) is 5. The standard InChI is InChI=1S/C22H18N4O3/c1-13-9-16(21(27)20(10-13)26(28)29)12-23-19-11-15(8-7-14(19)2)22-24-17-5-3-4-6-18(17)25-22/h3-12,27H,1-2H3,(H,24,25). The van der Waals surface area contributed by atoms with Crippen molar-refractivity contribution in [2.75, 3.05) is 0 Å². The van der Waals surface area contributed by atoms with Gasteiger partial charge < -0.3 is 10.1 Å². The number of rotatable bonds is 4. The van der Waals surface area contributed by atoms with Gasteiger partial charge in [0.15, 0.2) is 0 Å². The molecule has 1 aromatic heterocycles. The van der Waals surface area contributed by atoms with Crippen molar-refractivity contribution in [1.82, 2.24) is 9.97 Å². The summed E-state index contributed by atoms with van der Waals surface area (Å²) in [5.41, 5.74) is 4.95. The fourth-order valence-corrected chi connectivity index (χ4v) is 3.15. The lowest BCUT2D eigenvalue weighted by Crippen LogP contribution is -1.94. The number of imidazole rings is 1.